The molecule has 13 nitrogen and oxygen atoms in total. The number of carboxylic acid groups (broad SMARTS) is 1. The van der Waals surface area contributed by atoms with Crippen molar-refractivity contribution in [3.63, 3.8) is 0 Å². The number of unbranched alkanes of at least 4 members (excludes halogenated alkanes) is 8. The minimum absolute atomic E-state index is 0.0424. The lowest BCUT2D eigenvalue weighted by atomic mass is 10.1. The van der Waals surface area contributed by atoms with E-state index in [0.717, 1.165) is 25.7 Å². The predicted octanol–water partition coefficient (Wildman–Crippen LogP) is 9.78. The number of aliphatic carboxylic acids is 1. The number of ether oxygens (including phenoxy) is 2. The molecule has 6 N–H and O–H groups in total. The lowest BCUT2D eigenvalue weighted by Crippen LogP contribution is -2.34. The summed E-state index contributed by atoms with van der Waals surface area (Å²) >= 11 is 0. The first-order valence-corrected chi connectivity index (χ1v) is 23.6. The zero-order chi connectivity index (χ0) is 45.9. The van der Waals surface area contributed by atoms with Crippen molar-refractivity contribution in [2.24, 2.45) is 5.73 Å². The van der Waals surface area contributed by atoms with E-state index in [1.165, 1.54) is 38.5 Å². The molecule has 0 aromatic carbocycles. The van der Waals surface area contributed by atoms with Gasteiger partial charge in [-0.1, -0.05) is 155 Å². The van der Waals surface area contributed by atoms with Crippen molar-refractivity contribution in [2.75, 3.05) is 19.8 Å². The molecule has 0 saturated carbocycles. The van der Waals surface area contributed by atoms with E-state index in [9.17, 15) is 34.1 Å². The predicted molar refractivity (Wildman–Crippen MR) is 247 cm³/mol. The lowest BCUT2D eigenvalue weighted by Gasteiger charge is -2.20. The average Bonchev–Trinajstić information content (AvgIpc) is 3.24. The van der Waals surface area contributed by atoms with Crippen LogP contribution >= 0.6 is 7.82 Å². The molecule has 0 aliphatic rings. The van der Waals surface area contributed by atoms with E-state index in [-0.39, 0.29) is 12.8 Å². The second kappa shape index (κ2) is 41.1. The fraction of sp³-hybridized carbons (Fsp3) is 0.562. The molecule has 0 aliphatic heterocycles. The zero-order valence-corrected chi connectivity index (χ0v) is 38.0. The molecule has 0 heterocycles. The molecule has 14 heteroatoms. The quantitative estimate of drug-likeness (QED) is 0.0128. The van der Waals surface area contributed by atoms with Gasteiger partial charge in [-0.3, -0.25) is 23.4 Å². The highest BCUT2D eigenvalue weighted by atomic mass is 31.2. The topological polar surface area (TPSA) is 212 Å². The number of aliphatic hydroxyl groups excluding tert-OH is 2. The van der Waals surface area contributed by atoms with Crippen molar-refractivity contribution in [1.82, 2.24) is 0 Å². The Balaban J connectivity index is 4.71. The van der Waals surface area contributed by atoms with E-state index in [2.05, 4.69) is 35.8 Å². The molecular formula is C48H76NO12P. The third-order valence-electron chi connectivity index (χ3n) is 8.68. The maximum atomic E-state index is 12.6. The van der Waals surface area contributed by atoms with Gasteiger partial charge in [0.05, 0.1) is 25.4 Å². The standard InChI is InChI=1S/C48H76NO12P/c1-3-5-7-8-9-10-11-12-13-14-15-16-17-18-22-25-31-37-46(52)58-39-44(40-59-62(56,57)60-41-45(49)48(54)55)61-47(53)38-32-26-30-36-43(51)35-29-24-21-19-20-23-28-34-42(50)33-27-6-4-2/h6,12-13,15-16,18,20-24,27-30,34-36,42-45,50-51H,3-5,7-11,14,17,19,25-26,31-33,37-41,49H2,1-2H3,(H,54,55)(H,56,57)/b13-12-,16-15-,22-18-,23-20-,24-21-,27-6-,34-28+,35-29+,36-30-/t42-,43-,44+,45-/m0/s1. The van der Waals surface area contributed by atoms with Crippen LogP contribution in [0.25, 0.3) is 0 Å². The number of carboxylic acids is 1. The normalized spacial score (nSPS) is 15.7. The lowest BCUT2D eigenvalue weighted by molar-refractivity contribution is -0.161. The van der Waals surface area contributed by atoms with Crippen LogP contribution in [0.15, 0.2) is 109 Å². The molecule has 0 bridgehead atoms. The summed E-state index contributed by atoms with van der Waals surface area (Å²) in [4.78, 5) is 46.0. The highest BCUT2D eigenvalue weighted by Crippen LogP contribution is 2.43. The van der Waals surface area contributed by atoms with Crippen LogP contribution in [0.5, 0.6) is 0 Å². The van der Waals surface area contributed by atoms with Crippen molar-refractivity contribution in [2.45, 2.75) is 154 Å². The Morgan fingerprint density at radius 2 is 1.18 bits per heavy atom. The Morgan fingerprint density at radius 3 is 1.84 bits per heavy atom. The first-order valence-electron chi connectivity index (χ1n) is 22.1. The van der Waals surface area contributed by atoms with Crippen LogP contribution in [0.2, 0.25) is 0 Å². The second-order valence-corrected chi connectivity index (χ2v) is 15.9. The summed E-state index contributed by atoms with van der Waals surface area (Å²) in [6.07, 6.45) is 46.7. The molecule has 0 amide bonds. The second-order valence-electron chi connectivity index (χ2n) is 14.5. The van der Waals surface area contributed by atoms with E-state index in [4.69, 9.17) is 24.8 Å². The smallest absolute Gasteiger partial charge is 0.472 e. The summed E-state index contributed by atoms with van der Waals surface area (Å²) in [5.74, 6) is -2.67. The van der Waals surface area contributed by atoms with Crippen LogP contribution in [0.3, 0.4) is 0 Å². The number of carbonyl (C=O) groups is 3. The molecule has 0 radical (unpaired) electrons. The van der Waals surface area contributed by atoms with Gasteiger partial charge in [-0.25, -0.2) is 4.57 Å². The fourth-order valence-electron chi connectivity index (χ4n) is 5.17. The van der Waals surface area contributed by atoms with Crippen LogP contribution in [0.1, 0.15) is 129 Å². The van der Waals surface area contributed by atoms with Gasteiger partial charge in [-0.2, -0.15) is 0 Å². The van der Waals surface area contributed by atoms with Crippen molar-refractivity contribution >= 4 is 25.7 Å². The van der Waals surface area contributed by atoms with E-state index in [1.54, 1.807) is 30.4 Å². The SMILES string of the molecule is CC/C=C\C[C@H](O)/C=C/C=C\C/C=C\C=C\[C@H](O)/C=C\CCCC(=O)O[C@H](COC(=O)CCC/C=C\C/C=C\C/C=C\CCCCCCCC)COP(=O)(O)OC[C@H](N)C(=O)O. The summed E-state index contributed by atoms with van der Waals surface area (Å²) in [7, 11) is -4.79. The van der Waals surface area contributed by atoms with Crippen molar-refractivity contribution < 1.29 is 57.7 Å². The van der Waals surface area contributed by atoms with Crippen LogP contribution in [0.4, 0.5) is 0 Å². The minimum Gasteiger partial charge on any atom is -0.480 e. The van der Waals surface area contributed by atoms with Gasteiger partial charge >= 0.3 is 25.7 Å². The minimum atomic E-state index is -4.79. The number of hydrogen-bond donors (Lipinski definition) is 5. The highest BCUT2D eigenvalue weighted by Gasteiger charge is 2.28. The number of hydrogen-bond acceptors (Lipinski definition) is 11. The number of carbonyl (C=O) groups excluding carboxylic acids is 2. The van der Waals surface area contributed by atoms with Crippen molar-refractivity contribution in [3.8, 4) is 0 Å². The number of esters is 2. The first-order chi connectivity index (χ1) is 29.9. The molecule has 0 aromatic heterocycles. The largest absolute Gasteiger partial charge is 0.480 e. The fourth-order valence-corrected chi connectivity index (χ4v) is 5.95. The van der Waals surface area contributed by atoms with E-state index >= 15 is 0 Å². The number of allylic oxidation sites excluding steroid dienone is 14. The molecule has 62 heavy (non-hydrogen) atoms. The van der Waals surface area contributed by atoms with Gasteiger partial charge in [-0.15, -0.1) is 0 Å². The summed E-state index contributed by atoms with van der Waals surface area (Å²) < 4.78 is 32.5. The van der Waals surface area contributed by atoms with Crippen molar-refractivity contribution in [3.05, 3.63) is 109 Å². The summed E-state index contributed by atoms with van der Waals surface area (Å²) in [6, 6.07) is -1.57. The van der Waals surface area contributed by atoms with Crippen LogP contribution in [-0.2, 0) is 37.5 Å². The summed E-state index contributed by atoms with van der Waals surface area (Å²) in [6.45, 7) is 2.34. The number of phosphoric ester groups is 1. The molecule has 0 aliphatic carbocycles. The molecule has 1 unspecified atom stereocenters. The molecule has 0 fully saturated rings. The number of aliphatic hydroxyl groups is 2. The number of rotatable bonds is 39. The summed E-state index contributed by atoms with van der Waals surface area (Å²) in [5, 5.41) is 28.9. The zero-order valence-electron chi connectivity index (χ0n) is 37.1. The Morgan fingerprint density at radius 1 is 0.613 bits per heavy atom. The van der Waals surface area contributed by atoms with Gasteiger partial charge in [0.1, 0.15) is 12.6 Å². The molecular weight excluding hydrogens is 813 g/mol. The Hall–Kier alpha value is -3.94. The molecule has 0 rings (SSSR count). The Kier molecular flexibility index (Phi) is 38.5. The third kappa shape index (κ3) is 40.2. The van der Waals surface area contributed by atoms with E-state index in [0.29, 0.717) is 38.5 Å². The van der Waals surface area contributed by atoms with Crippen LogP contribution < -0.4 is 5.73 Å². The number of phosphoric acid groups is 1. The van der Waals surface area contributed by atoms with Crippen LogP contribution in [0, 0.1) is 0 Å². The maximum Gasteiger partial charge on any atom is 0.472 e. The van der Waals surface area contributed by atoms with E-state index < -0.39 is 69.9 Å². The van der Waals surface area contributed by atoms with Gasteiger partial charge in [0.25, 0.3) is 0 Å². The van der Waals surface area contributed by atoms with Gasteiger partial charge in [-0.05, 0) is 70.6 Å². The van der Waals surface area contributed by atoms with Gasteiger partial charge in [0.15, 0.2) is 6.10 Å². The molecule has 0 saturated heterocycles. The first kappa shape index (κ1) is 58.1. The molecule has 5 atom stereocenters. The molecule has 350 valence electrons. The van der Waals surface area contributed by atoms with Crippen molar-refractivity contribution in [1.29, 1.82) is 0 Å². The Labute approximate surface area is 371 Å². The molecule has 0 spiro atoms. The highest BCUT2D eigenvalue weighted by molar-refractivity contribution is 7.47. The van der Waals surface area contributed by atoms with Gasteiger partial charge in [0.2, 0.25) is 0 Å². The monoisotopic (exact) mass is 890 g/mol. The average molecular weight is 890 g/mol. The third-order valence-corrected chi connectivity index (χ3v) is 9.63. The maximum absolute atomic E-state index is 12.6. The Bertz CT molecular complexity index is 1500. The van der Waals surface area contributed by atoms with Gasteiger partial charge < -0.3 is 35.4 Å². The summed E-state index contributed by atoms with van der Waals surface area (Å²) in [5.41, 5.74) is 5.32. The molecule has 0 aromatic rings. The van der Waals surface area contributed by atoms with Gasteiger partial charge in [0, 0.05) is 12.8 Å². The van der Waals surface area contributed by atoms with E-state index in [1.807, 2.05) is 61.6 Å². The van der Waals surface area contributed by atoms with Crippen LogP contribution in [-0.4, -0.2) is 82.3 Å². The number of nitrogens with two attached hydrogens (primary N) is 1.